The molecule has 0 N–H and O–H groups in total. The number of methoxy groups -OCH3 is 1. The van der Waals surface area contributed by atoms with E-state index >= 15 is 0 Å². The average Bonchev–Trinajstić information content (AvgIpc) is 3.04. The van der Waals surface area contributed by atoms with E-state index in [4.69, 9.17) is 4.74 Å². The molecule has 0 unspecified atom stereocenters. The molecule has 128 valence electrons. The van der Waals surface area contributed by atoms with Crippen LogP contribution in [0.4, 0.5) is 5.69 Å². The number of hydrogen-bond donors (Lipinski definition) is 0. The van der Waals surface area contributed by atoms with Crippen molar-refractivity contribution in [3.63, 3.8) is 0 Å². The largest absolute Gasteiger partial charge is 0.497 e. The molecule has 0 saturated heterocycles. The topological polar surface area (TPSA) is 73.1 Å². The van der Waals surface area contributed by atoms with Crippen LogP contribution in [0, 0.1) is 6.92 Å². The second-order valence-electron chi connectivity index (χ2n) is 5.39. The highest BCUT2D eigenvalue weighted by Crippen LogP contribution is 2.19. The van der Waals surface area contributed by atoms with Crippen molar-refractivity contribution in [1.82, 2.24) is 20.0 Å². The van der Waals surface area contributed by atoms with Crippen molar-refractivity contribution in [1.29, 1.82) is 0 Å². The van der Waals surface area contributed by atoms with Gasteiger partial charge in [-0.3, -0.25) is 9.78 Å². The molecule has 0 aliphatic rings. The Bertz CT molecular complexity index is 859. The molecule has 3 rings (SSSR count). The van der Waals surface area contributed by atoms with Crippen LogP contribution in [0.15, 0.2) is 48.8 Å². The molecule has 2 heterocycles. The van der Waals surface area contributed by atoms with E-state index in [0.717, 1.165) is 17.1 Å². The predicted octanol–water partition coefficient (Wildman–Crippen LogP) is 2.65. The highest BCUT2D eigenvalue weighted by molar-refractivity contribution is 6.05. The van der Waals surface area contributed by atoms with E-state index in [1.54, 1.807) is 35.2 Å². The molecule has 7 heteroatoms. The number of anilines is 1. The molecule has 1 amide bonds. The van der Waals surface area contributed by atoms with Crippen LogP contribution >= 0.6 is 0 Å². The Labute approximate surface area is 145 Å². The number of amides is 1. The summed E-state index contributed by atoms with van der Waals surface area (Å²) in [4.78, 5) is 18.6. The monoisotopic (exact) mass is 337 g/mol. The van der Waals surface area contributed by atoms with Crippen molar-refractivity contribution in [3.8, 4) is 11.4 Å². The molecule has 3 aromatic rings. The van der Waals surface area contributed by atoms with Gasteiger partial charge in [-0.2, -0.15) is 0 Å². The van der Waals surface area contributed by atoms with E-state index < -0.39 is 0 Å². The standard InChI is InChI=1S/C18H19N5O2/c1-4-22(15-6-5-11-19-12-15)18(24)17-13(2)23(21-20-17)14-7-9-16(25-3)10-8-14/h5-12H,4H2,1-3H3. The highest BCUT2D eigenvalue weighted by Gasteiger charge is 2.23. The molecule has 7 nitrogen and oxygen atoms in total. The van der Waals surface area contributed by atoms with Crippen molar-refractivity contribution in [2.24, 2.45) is 0 Å². The first-order valence-electron chi connectivity index (χ1n) is 7.94. The lowest BCUT2D eigenvalue weighted by Gasteiger charge is -2.19. The predicted molar refractivity (Wildman–Crippen MR) is 94.2 cm³/mol. The maximum Gasteiger partial charge on any atom is 0.280 e. The molecule has 0 saturated carbocycles. The van der Waals surface area contributed by atoms with Crippen molar-refractivity contribution >= 4 is 11.6 Å². The first-order chi connectivity index (χ1) is 12.2. The summed E-state index contributed by atoms with van der Waals surface area (Å²) in [5.41, 5.74) is 2.54. The maximum atomic E-state index is 12.9. The summed E-state index contributed by atoms with van der Waals surface area (Å²) in [5.74, 6) is 0.555. The number of carbonyl (C=O) groups is 1. The summed E-state index contributed by atoms with van der Waals surface area (Å²) in [6.07, 6.45) is 3.33. The lowest BCUT2D eigenvalue weighted by atomic mass is 10.2. The molecule has 0 bridgehead atoms. The van der Waals surface area contributed by atoms with E-state index in [1.165, 1.54) is 0 Å². The zero-order valence-electron chi connectivity index (χ0n) is 14.4. The van der Waals surface area contributed by atoms with Gasteiger partial charge in [0, 0.05) is 12.7 Å². The number of nitrogens with zero attached hydrogens (tertiary/aromatic N) is 5. The van der Waals surface area contributed by atoms with Crippen LogP contribution in [0.3, 0.4) is 0 Å². The first kappa shape index (κ1) is 16.6. The summed E-state index contributed by atoms with van der Waals surface area (Å²) < 4.78 is 6.80. The van der Waals surface area contributed by atoms with E-state index in [1.807, 2.05) is 44.2 Å². The third-order valence-corrected chi connectivity index (χ3v) is 3.93. The lowest BCUT2D eigenvalue weighted by Crippen LogP contribution is -2.31. The summed E-state index contributed by atoms with van der Waals surface area (Å²) >= 11 is 0. The Morgan fingerprint density at radius 3 is 2.60 bits per heavy atom. The van der Waals surface area contributed by atoms with Gasteiger partial charge in [0.2, 0.25) is 0 Å². The quantitative estimate of drug-likeness (QED) is 0.715. The van der Waals surface area contributed by atoms with Gasteiger partial charge in [-0.15, -0.1) is 5.10 Å². The Morgan fingerprint density at radius 1 is 1.24 bits per heavy atom. The SMILES string of the molecule is CCN(C(=O)c1nnn(-c2ccc(OC)cc2)c1C)c1cccnc1. The van der Waals surface area contributed by atoms with Crippen LogP contribution in [0.25, 0.3) is 5.69 Å². The summed E-state index contributed by atoms with van der Waals surface area (Å²) in [6, 6.07) is 11.1. The van der Waals surface area contributed by atoms with Gasteiger partial charge >= 0.3 is 0 Å². The molecule has 0 aliphatic carbocycles. The average molecular weight is 337 g/mol. The summed E-state index contributed by atoms with van der Waals surface area (Å²) in [6.45, 7) is 4.25. The zero-order valence-corrected chi connectivity index (χ0v) is 14.4. The molecule has 0 aliphatic heterocycles. The van der Waals surface area contributed by atoms with Crippen molar-refractivity contribution in [2.75, 3.05) is 18.6 Å². The van der Waals surface area contributed by atoms with Gasteiger partial charge in [-0.05, 0) is 50.2 Å². The minimum atomic E-state index is -0.201. The normalized spacial score (nSPS) is 10.5. The fourth-order valence-electron chi connectivity index (χ4n) is 2.58. The molecule has 25 heavy (non-hydrogen) atoms. The number of benzene rings is 1. The fraction of sp³-hybridized carbons (Fsp3) is 0.222. The molecule has 2 aromatic heterocycles. The van der Waals surface area contributed by atoms with Crippen LogP contribution in [0.1, 0.15) is 23.1 Å². The minimum absolute atomic E-state index is 0.201. The first-order valence-corrected chi connectivity index (χ1v) is 7.94. The molecular weight excluding hydrogens is 318 g/mol. The molecule has 1 aromatic carbocycles. The van der Waals surface area contributed by atoms with E-state index in [0.29, 0.717) is 17.9 Å². The fourth-order valence-corrected chi connectivity index (χ4v) is 2.58. The van der Waals surface area contributed by atoms with Crippen LogP contribution in [0.2, 0.25) is 0 Å². The molecule has 0 atom stereocenters. The molecule has 0 radical (unpaired) electrons. The second-order valence-corrected chi connectivity index (χ2v) is 5.39. The van der Waals surface area contributed by atoms with Gasteiger partial charge in [-0.1, -0.05) is 5.21 Å². The number of rotatable bonds is 5. The molecular formula is C18H19N5O2. The third kappa shape index (κ3) is 3.21. The van der Waals surface area contributed by atoms with Gasteiger partial charge in [0.05, 0.1) is 30.4 Å². The summed E-state index contributed by atoms with van der Waals surface area (Å²) in [5, 5.41) is 8.23. The Balaban J connectivity index is 1.93. The Hall–Kier alpha value is -3.22. The Morgan fingerprint density at radius 2 is 2.00 bits per heavy atom. The smallest absolute Gasteiger partial charge is 0.280 e. The number of aromatic nitrogens is 4. The second kappa shape index (κ2) is 7.12. The third-order valence-electron chi connectivity index (χ3n) is 3.93. The highest BCUT2D eigenvalue weighted by atomic mass is 16.5. The summed E-state index contributed by atoms with van der Waals surface area (Å²) in [7, 11) is 1.62. The number of carbonyl (C=O) groups excluding carboxylic acids is 1. The van der Waals surface area contributed by atoms with E-state index in [-0.39, 0.29) is 5.91 Å². The van der Waals surface area contributed by atoms with E-state index in [9.17, 15) is 4.79 Å². The van der Waals surface area contributed by atoms with Crippen LogP contribution in [0.5, 0.6) is 5.75 Å². The minimum Gasteiger partial charge on any atom is -0.497 e. The van der Waals surface area contributed by atoms with Crippen molar-refractivity contribution in [3.05, 3.63) is 60.2 Å². The van der Waals surface area contributed by atoms with E-state index in [2.05, 4.69) is 15.3 Å². The van der Waals surface area contributed by atoms with Crippen LogP contribution < -0.4 is 9.64 Å². The molecule has 0 spiro atoms. The van der Waals surface area contributed by atoms with Gasteiger partial charge in [-0.25, -0.2) is 4.68 Å². The van der Waals surface area contributed by atoms with Gasteiger partial charge in [0.1, 0.15) is 5.75 Å². The number of hydrogen-bond acceptors (Lipinski definition) is 5. The van der Waals surface area contributed by atoms with Gasteiger partial charge < -0.3 is 9.64 Å². The van der Waals surface area contributed by atoms with Crippen LogP contribution in [-0.4, -0.2) is 39.5 Å². The van der Waals surface area contributed by atoms with Crippen molar-refractivity contribution in [2.45, 2.75) is 13.8 Å². The lowest BCUT2D eigenvalue weighted by molar-refractivity contribution is 0.0983. The van der Waals surface area contributed by atoms with Crippen molar-refractivity contribution < 1.29 is 9.53 Å². The zero-order chi connectivity index (χ0) is 17.8. The Kier molecular flexibility index (Phi) is 4.74. The van der Waals surface area contributed by atoms with Gasteiger partial charge in [0.25, 0.3) is 5.91 Å². The van der Waals surface area contributed by atoms with Crippen LogP contribution in [-0.2, 0) is 0 Å². The van der Waals surface area contributed by atoms with Gasteiger partial charge in [0.15, 0.2) is 5.69 Å². The number of pyridine rings is 1. The molecule has 0 fully saturated rings. The maximum absolute atomic E-state index is 12.9. The number of ether oxygens (including phenoxy) is 1.